The van der Waals surface area contributed by atoms with E-state index in [1.165, 1.54) is 4.68 Å². The van der Waals surface area contributed by atoms with E-state index in [1.54, 1.807) is 25.6 Å². The van der Waals surface area contributed by atoms with Crippen LogP contribution in [0.3, 0.4) is 0 Å². The summed E-state index contributed by atoms with van der Waals surface area (Å²) in [5.41, 5.74) is 1.08. The molecule has 2 aromatic heterocycles. The number of aromatic nitrogens is 5. The summed E-state index contributed by atoms with van der Waals surface area (Å²) in [5, 5.41) is 8.46. The first-order chi connectivity index (χ1) is 10.2. The minimum absolute atomic E-state index is 0.121. The van der Waals surface area contributed by atoms with Crippen LogP contribution in [0.4, 0.5) is 5.95 Å². The van der Waals surface area contributed by atoms with E-state index in [-0.39, 0.29) is 16.8 Å². The lowest BCUT2D eigenvalue weighted by Gasteiger charge is -2.07. The second kappa shape index (κ2) is 5.71. The van der Waals surface area contributed by atoms with E-state index in [9.17, 15) is 8.42 Å². The lowest BCUT2D eigenvalue weighted by Crippen LogP contribution is -2.17. The summed E-state index contributed by atoms with van der Waals surface area (Å²) in [7, 11) is -2.10. The number of nitrogens with zero attached hydrogens (tertiary/aromatic N) is 5. The van der Waals surface area contributed by atoms with Gasteiger partial charge in [0.25, 0.3) is 10.0 Å². The van der Waals surface area contributed by atoms with Crippen LogP contribution in [-0.4, -0.2) is 33.0 Å². The summed E-state index contributed by atoms with van der Waals surface area (Å²) in [6.07, 6.45) is 0. The number of anilines is 1. The molecule has 0 aromatic carbocycles. The third-order valence-corrected chi connectivity index (χ3v) is 4.98. The van der Waals surface area contributed by atoms with Crippen LogP contribution in [-0.2, 0) is 23.6 Å². The quantitative estimate of drug-likeness (QED) is 0.900. The van der Waals surface area contributed by atoms with Gasteiger partial charge in [-0.15, -0.1) is 0 Å². The van der Waals surface area contributed by atoms with Crippen molar-refractivity contribution < 1.29 is 8.42 Å². The number of hydrogen-bond donors (Lipinski definition) is 1. The van der Waals surface area contributed by atoms with Gasteiger partial charge in [0.05, 0.1) is 11.4 Å². The molecule has 0 radical (unpaired) electrons. The minimum Gasteiger partial charge on any atom is -0.268 e. The van der Waals surface area contributed by atoms with Gasteiger partial charge in [-0.1, -0.05) is 13.8 Å². The second-order valence-corrected chi connectivity index (χ2v) is 7.11. The van der Waals surface area contributed by atoms with Gasteiger partial charge in [0, 0.05) is 19.5 Å². The van der Waals surface area contributed by atoms with Gasteiger partial charge in [-0.25, -0.2) is 17.8 Å². The number of hydrogen-bond acceptors (Lipinski definition) is 5. The Kier molecular flexibility index (Phi) is 4.28. The Bertz CT molecular complexity index is 788. The van der Waals surface area contributed by atoms with Crippen LogP contribution < -0.4 is 4.72 Å². The fraction of sp³-hybridized carbons (Fsp3) is 0.615. The molecule has 0 fully saturated rings. The van der Waals surface area contributed by atoms with Gasteiger partial charge in [-0.2, -0.15) is 15.2 Å². The van der Waals surface area contributed by atoms with Crippen molar-refractivity contribution in [3.63, 3.8) is 0 Å². The largest absolute Gasteiger partial charge is 0.268 e. The summed E-state index contributed by atoms with van der Waals surface area (Å²) in [5.74, 6) is 0.917. The molecule has 22 heavy (non-hydrogen) atoms. The molecule has 0 aliphatic carbocycles. The zero-order valence-corrected chi connectivity index (χ0v) is 14.6. The van der Waals surface area contributed by atoms with Gasteiger partial charge in [0.1, 0.15) is 4.90 Å². The molecule has 2 aromatic rings. The predicted octanol–water partition coefficient (Wildman–Crippen LogP) is 1.57. The molecule has 2 heterocycles. The van der Waals surface area contributed by atoms with Crippen LogP contribution in [0.1, 0.15) is 43.9 Å². The Balaban J connectivity index is 2.42. The third kappa shape index (κ3) is 2.85. The van der Waals surface area contributed by atoms with Crippen LogP contribution in [0, 0.1) is 13.8 Å². The van der Waals surface area contributed by atoms with Crippen molar-refractivity contribution in [2.45, 2.75) is 52.0 Å². The Morgan fingerprint density at radius 1 is 1.23 bits per heavy atom. The maximum atomic E-state index is 12.7. The summed E-state index contributed by atoms with van der Waals surface area (Å²) in [6.45, 7) is 9.86. The second-order valence-electron chi connectivity index (χ2n) is 5.49. The molecule has 0 aliphatic heterocycles. The molecule has 0 saturated heterocycles. The van der Waals surface area contributed by atoms with Gasteiger partial charge in [-0.05, 0) is 20.8 Å². The van der Waals surface area contributed by atoms with E-state index in [4.69, 9.17) is 0 Å². The fourth-order valence-corrected chi connectivity index (χ4v) is 3.73. The molecular formula is C13H22N6O2S. The molecule has 0 atom stereocenters. The lowest BCUT2D eigenvalue weighted by atomic mass is 10.2. The first-order valence-corrected chi connectivity index (χ1v) is 8.63. The summed E-state index contributed by atoms with van der Waals surface area (Å²) < 4.78 is 30.9. The SMILES string of the molecule is CCn1nc(C)c(S(=O)(=O)Nc2nc(C(C)C)nn2C)c1C. The molecule has 0 saturated carbocycles. The zero-order valence-electron chi connectivity index (χ0n) is 13.7. The first kappa shape index (κ1) is 16.5. The van der Waals surface area contributed by atoms with E-state index in [0.29, 0.717) is 23.8 Å². The van der Waals surface area contributed by atoms with Gasteiger partial charge in [0.15, 0.2) is 5.82 Å². The minimum atomic E-state index is -3.76. The molecule has 0 aliphatic rings. The van der Waals surface area contributed by atoms with Crippen molar-refractivity contribution in [3.8, 4) is 0 Å². The number of rotatable bonds is 5. The smallest absolute Gasteiger partial charge is 0.267 e. The van der Waals surface area contributed by atoms with Gasteiger partial charge < -0.3 is 0 Å². The molecule has 1 N–H and O–H groups in total. The van der Waals surface area contributed by atoms with Crippen molar-refractivity contribution in [1.29, 1.82) is 0 Å². The standard InChI is InChI=1S/C13H22N6O2S/c1-7-19-10(5)11(9(4)15-19)22(20,21)17-13-14-12(8(2)3)16-18(13)6/h8H,7H2,1-6H3,(H,14,16,17). The van der Waals surface area contributed by atoms with Crippen LogP contribution >= 0.6 is 0 Å². The molecular weight excluding hydrogens is 304 g/mol. The Morgan fingerprint density at radius 3 is 2.32 bits per heavy atom. The molecule has 0 unspecified atom stereocenters. The Morgan fingerprint density at radius 2 is 1.86 bits per heavy atom. The molecule has 8 nitrogen and oxygen atoms in total. The lowest BCUT2D eigenvalue weighted by molar-refractivity contribution is 0.597. The van der Waals surface area contributed by atoms with Gasteiger partial charge >= 0.3 is 0 Å². The maximum absolute atomic E-state index is 12.7. The Hall–Kier alpha value is -1.90. The molecule has 122 valence electrons. The van der Waals surface area contributed by atoms with E-state index in [0.717, 1.165) is 0 Å². The average molecular weight is 326 g/mol. The predicted molar refractivity (Wildman–Crippen MR) is 83.3 cm³/mol. The summed E-state index contributed by atoms with van der Waals surface area (Å²) >= 11 is 0. The molecule has 0 amide bonds. The highest BCUT2D eigenvalue weighted by atomic mass is 32.2. The van der Waals surface area contributed by atoms with Crippen molar-refractivity contribution in [3.05, 3.63) is 17.2 Å². The number of sulfonamides is 1. The van der Waals surface area contributed by atoms with E-state index < -0.39 is 10.0 Å². The molecule has 9 heteroatoms. The third-order valence-electron chi connectivity index (χ3n) is 3.40. The van der Waals surface area contributed by atoms with E-state index in [2.05, 4.69) is 19.9 Å². The molecule has 2 rings (SSSR count). The topological polar surface area (TPSA) is 94.7 Å². The van der Waals surface area contributed by atoms with Crippen molar-refractivity contribution in [2.24, 2.45) is 7.05 Å². The van der Waals surface area contributed by atoms with Gasteiger partial charge in [0.2, 0.25) is 5.95 Å². The van der Waals surface area contributed by atoms with Crippen molar-refractivity contribution in [1.82, 2.24) is 24.5 Å². The number of nitrogens with one attached hydrogen (secondary N) is 1. The number of aryl methyl sites for hydroxylation is 3. The molecule has 0 bridgehead atoms. The highest BCUT2D eigenvalue weighted by Crippen LogP contribution is 2.22. The average Bonchev–Trinajstić information content (AvgIpc) is 2.90. The van der Waals surface area contributed by atoms with Crippen LogP contribution in [0.15, 0.2) is 4.90 Å². The fourth-order valence-electron chi connectivity index (χ4n) is 2.29. The first-order valence-electron chi connectivity index (χ1n) is 7.15. The maximum Gasteiger partial charge on any atom is 0.267 e. The summed E-state index contributed by atoms with van der Waals surface area (Å²) in [4.78, 5) is 4.44. The van der Waals surface area contributed by atoms with Crippen LogP contribution in [0.5, 0.6) is 0 Å². The van der Waals surface area contributed by atoms with E-state index in [1.807, 2.05) is 20.8 Å². The zero-order chi connectivity index (χ0) is 16.7. The van der Waals surface area contributed by atoms with Crippen molar-refractivity contribution >= 4 is 16.0 Å². The van der Waals surface area contributed by atoms with Gasteiger partial charge in [-0.3, -0.25) is 4.68 Å². The monoisotopic (exact) mass is 326 g/mol. The van der Waals surface area contributed by atoms with Crippen molar-refractivity contribution in [2.75, 3.05) is 4.72 Å². The molecule has 0 spiro atoms. The highest BCUT2D eigenvalue weighted by Gasteiger charge is 2.26. The normalized spacial score (nSPS) is 12.1. The highest BCUT2D eigenvalue weighted by molar-refractivity contribution is 7.92. The van der Waals surface area contributed by atoms with Crippen LogP contribution in [0.25, 0.3) is 0 Å². The Labute approximate surface area is 130 Å². The summed E-state index contributed by atoms with van der Waals surface area (Å²) in [6, 6.07) is 0. The van der Waals surface area contributed by atoms with Crippen LogP contribution in [0.2, 0.25) is 0 Å². The van der Waals surface area contributed by atoms with E-state index >= 15 is 0 Å².